The summed E-state index contributed by atoms with van der Waals surface area (Å²) in [5.74, 6) is -0.185. The first kappa shape index (κ1) is 12.6. The van der Waals surface area contributed by atoms with Crippen molar-refractivity contribution in [3.63, 3.8) is 0 Å². The monoisotopic (exact) mass is 247 g/mol. The van der Waals surface area contributed by atoms with Crippen molar-refractivity contribution in [2.75, 3.05) is 13.7 Å². The van der Waals surface area contributed by atoms with Crippen LogP contribution < -0.4 is 10.9 Å². The Hall–Kier alpha value is -1.85. The summed E-state index contributed by atoms with van der Waals surface area (Å²) in [6, 6.07) is 8.06. The van der Waals surface area contributed by atoms with E-state index in [2.05, 4.69) is 15.8 Å². The van der Waals surface area contributed by atoms with Gasteiger partial charge in [0.1, 0.15) is 6.61 Å². The van der Waals surface area contributed by atoms with Crippen molar-refractivity contribution in [3.05, 3.63) is 35.5 Å². The molecule has 1 aromatic carbocycles. The van der Waals surface area contributed by atoms with Crippen LogP contribution >= 0.6 is 0 Å². The van der Waals surface area contributed by atoms with E-state index in [4.69, 9.17) is 4.74 Å². The first-order valence-corrected chi connectivity index (χ1v) is 5.82. The van der Waals surface area contributed by atoms with Crippen LogP contribution in [0.5, 0.6) is 0 Å². The number of carbonyl (C=O) groups excluding carboxylic acids is 1. The van der Waals surface area contributed by atoms with Gasteiger partial charge in [-0.2, -0.15) is 0 Å². The van der Waals surface area contributed by atoms with Crippen molar-refractivity contribution < 1.29 is 9.53 Å². The van der Waals surface area contributed by atoms with Gasteiger partial charge < -0.3 is 9.72 Å². The Morgan fingerprint density at radius 2 is 2.17 bits per heavy atom. The van der Waals surface area contributed by atoms with Crippen LogP contribution in [0.25, 0.3) is 10.9 Å². The maximum Gasteiger partial charge on any atom is 0.260 e. The second-order valence-electron chi connectivity index (χ2n) is 4.07. The number of benzene rings is 1. The van der Waals surface area contributed by atoms with Crippen LogP contribution in [0.2, 0.25) is 0 Å². The average molecular weight is 247 g/mol. The standard InChI is InChI=1S/C13H17N3O2/c1-9-11(7-18-8-13(17)16-14-2)10-5-3-4-6-12(10)15-9/h3-6,14-15H,7-8H2,1-2H3,(H,16,17). The lowest BCUT2D eigenvalue weighted by molar-refractivity contribution is -0.126. The van der Waals surface area contributed by atoms with Crippen LogP contribution in [0.4, 0.5) is 0 Å². The quantitative estimate of drug-likeness (QED) is 0.696. The van der Waals surface area contributed by atoms with Crippen molar-refractivity contribution >= 4 is 16.8 Å². The third-order valence-corrected chi connectivity index (χ3v) is 2.77. The van der Waals surface area contributed by atoms with Crippen molar-refractivity contribution in [2.45, 2.75) is 13.5 Å². The molecule has 0 spiro atoms. The molecule has 96 valence electrons. The summed E-state index contributed by atoms with van der Waals surface area (Å²) in [6.45, 7) is 2.47. The Kier molecular flexibility index (Phi) is 3.96. The number of hydrogen-bond acceptors (Lipinski definition) is 3. The number of aromatic amines is 1. The molecule has 1 aromatic heterocycles. The molecule has 0 bridgehead atoms. The number of H-pyrrole nitrogens is 1. The number of nitrogens with one attached hydrogen (secondary N) is 3. The van der Waals surface area contributed by atoms with E-state index in [1.807, 2.05) is 31.2 Å². The molecule has 2 rings (SSSR count). The number of para-hydroxylation sites is 1. The Labute approximate surface area is 105 Å². The number of carbonyl (C=O) groups is 1. The van der Waals surface area contributed by atoms with E-state index < -0.39 is 0 Å². The normalized spacial score (nSPS) is 10.8. The van der Waals surface area contributed by atoms with Crippen LogP contribution in [-0.2, 0) is 16.1 Å². The molecular weight excluding hydrogens is 230 g/mol. The van der Waals surface area contributed by atoms with Crippen molar-refractivity contribution in [3.8, 4) is 0 Å². The summed E-state index contributed by atoms with van der Waals surface area (Å²) in [7, 11) is 1.64. The summed E-state index contributed by atoms with van der Waals surface area (Å²) < 4.78 is 5.41. The van der Waals surface area contributed by atoms with Gasteiger partial charge in [-0.1, -0.05) is 18.2 Å². The number of fused-ring (bicyclic) bond motifs is 1. The molecule has 0 unspecified atom stereocenters. The van der Waals surface area contributed by atoms with Gasteiger partial charge in [0.15, 0.2) is 0 Å². The van der Waals surface area contributed by atoms with Crippen LogP contribution in [0, 0.1) is 6.92 Å². The van der Waals surface area contributed by atoms with Gasteiger partial charge in [0.2, 0.25) is 0 Å². The highest BCUT2D eigenvalue weighted by Gasteiger charge is 2.08. The van der Waals surface area contributed by atoms with Gasteiger partial charge in [-0.25, -0.2) is 5.43 Å². The molecule has 0 aliphatic carbocycles. The lowest BCUT2D eigenvalue weighted by Crippen LogP contribution is -2.36. The Morgan fingerprint density at radius 1 is 1.39 bits per heavy atom. The summed E-state index contributed by atoms with van der Waals surface area (Å²) in [6.07, 6.45) is 0. The van der Waals surface area contributed by atoms with E-state index in [1.54, 1.807) is 7.05 Å². The smallest absolute Gasteiger partial charge is 0.260 e. The fraction of sp³-hybridized carbons (Fsp3) is 0.308. The summed E-state index contributed by atoms with van der Waals surface area (Å²) in [5.41, 5.74) is 8.29. The maximum atomic E-state index is 11.2. The molecular formula is C13H17N3O2. The zero-order valence-corrected chi connectivity index (χ0v) is 10.5. The second kappa shape index (κ2) is 5.66. The molecule has 0 saturated carbocycles. The largest absolute Gasteiger partial charge is 0.367 e. The zero-order chi connectivity index (χ0) is 13.0. The number of ether oxygens (including phenoxy) is 1. The number of rotatable bonds is 5. The fourth-order valence-electron chi connectivity index (χ4n) is 1.94. The van der Waals surface area contributed by atoms with E-state index in [9.17, 15) is 4.79 Å². The van der Waals surface area contributed by atoms with Crippen molar-refractivity contribution in [1.29, 1.82) is 0 Å². The minimum atomic E-state index is -0.185. The Morgan fingerprint density at radius 3 is 2.94 bits per heavy atom. The molecule has 2 aromatic rings. The third-order valence-electron chi connectivity index (χ3n) is 2.77. The van der Waals surface area contributed by atoms with Crippen LogP contribution in [0.1, 0.15) is 11.3 Å². The molecule has 5 heteroatoms. The lowest BCUT2D eigenvalue weighted by Gasteiger charge is -2.05. The van der Waals surface area contributed by atoms with Crippen LogP contribution in [-0.4, -0.2) is 24.5 Å². The van der Waals surface area contributed by atoms with Gasteiger partial charge >= 0.3 is 0 Å². The average Bonchev–Trinajstić information content (AvgIpc) is 2.66. The van der Waals surface area contributed by atoms with Crippen molar-refractivity contribution in [1.82, 2.24) is 15.8 Å². The van der Waals surface area contributed by atoms with E-state index in [-0.39, 0.29) is 12.5 Å². The highest BCUT2D eigenvalue weighted by Crippen LogP contribution is 2.22. The number of amides is 1. The molecule has 0 saturated heterocycles. The highest BCUT2D eigenvalue weighted by atomic mass is 16.5. The van der Waals surface area contributed by atoms with Gasteiger partial charge in [0, 0.05) is 29.2 Å². The minimum absolute atomic E-state index is 0.0415. The Balaban J connectivity index is 2.03. The number of hydrogen-bond donors (Lipinski definition) is 3. The number of aryl methyl sites for hydroxylation is 1. The molecule has 18 heavy (non-hydrogen) atoms. The van der Waals surface area contributed by atoms with Crippen molar-refractivity contribution in [2.24, 2.45) is 0 Å². The van der Waals surface area contributed by atoms with Crippen LogP contribution in [0.3, 0.4) is 0 Å². The SMILES string of the molecule is CNNC(=O)COCc1c(C)[nH]c2ccccc12. The first-order chi connectivity index (χ1) is 8.72. The van der Waals surface area contributed by atoms with E-state index in [0.717, 1.165) is 22.2 Å². The van der Waals surface area contributed by atoms with Gasteiger partial charge in [0.05, 0.1) is 6.61 Å². The molecule has 1 heterocycles. The van der Waals surface area contributed by atoms with Crippen LogP contribution in [0.15, 0.2) is 24.3 Å². The number of hydrazine groups is 1. The molecule has 1 amide bonds. The summed E-state index contributed by atoms with van der Waals surface area (Å²) in [5, 5.41) is 1.14. The zero-order valence-electron chi connectivity index (χ0n) is 10.5. The van der Waals surface area contributed by atoms with E-state index in [1.165, 1.54) is 0 Å². The lowest BCUT2D eigenvalue weighted by atomic mass is 10.1. The van der Waals surface area contributed by atoms with Gasteiger partial charge in [-0.05, 0) is 13.0 Å². The topological polar surface area (TPSA) is 66.2 Å². The summed E-state index contributed by atoms with van der Waals surface area (Å²) in [4.78, 5) is 14.5. The molecule has 3 N–H and O–H groups in total. The maximum absolute atomic E-state index is 11.2. The fourth-order valence-corrected chi connectivity index (χ4v) is 1.94. The van der Waals surface area contributed by atoms with E-state index in [0.29, 0.717) is 6.61 Å². The predicted molar refractivity (Wildman–Crippen MR) is 69.9 cm³/mol. The molecule has 0 atom stereocenters. The summed E-state index contributed by atoms with van der Waals surface area (Å²) >= 11 is 0. The molecule has 5 nitrogen and oxygen atoms in total. The number of aromatic nitrogens is 1. The van der Waals surface area contributed by atoms with Gasteiger partial charge in [-0.3, -0.25) is 10.2 Å². The second-order valence-corrected chi connectivity index (χ2v) is 4.07. The van der Waals surface area contributed by atoms with Gasteiger partial charge in [-0.15, -0.1) is 0 Å². The third kappa shape index (κ3) is 2.69. The molecule has 0 aliphatic heterocycles. The van der Waals surface area contributed by atoms with E-state index >= 15 is 0 Å². The Bertz CT molecular complexity index is 548. The minimum Gasteiger partial charge on any atom is -0.367 e. The molecule has 0 fully saturated rings. The molecule has 0 aliphatic rings. The van der Waals surface area contributed by atoms with Gasteiger partial charge in [0.25, 0.3) is 5.91 Å². The molecule has 0 radical (unpaired) electrons. The highest BCUT2D eigenvalue weighted by molar-refractivity contribution is 5.84. The predicted octanol–water partition coefficient (Wildman–Crippen LogP) is 1.24. The first-order valence-electron chi connectivity index (χ1n) is 5.82.